The first kappa shape index (κ1) is 23.7. The second kappa shape index (κ2) is 9.26. The maximum atomic E-state index is 15.0. The van der Waals surface area contributed by atoms with Gasteiger partial charge >= 0.3 is 0 Å². The summed E-state index contributed by atoms with van der Waals surface area (Å²) in [6, 6.07) is 4.19. The Labute approximate surface area is 183 Å². The van der Waals surface area contributed by atoms with Gasteiger partial charge in [-0.15, -0.1) is 0 Å². The predicted molar refractivity (Wildman–Crippen MR) is 103 cm³/mol. The van der Waals surface area contributed by atoms with Gasteiger partial charge in [0.2, 0.25) is 5.82 Å². The molecule has 1 amide bonds. The summed E-state index contributed by atoms with van der Waals surface area (Å²) >= 11 is 11.7. The van der Waals surface area contributed by atoms with E-state index in [1.807, 2.05) is 0 Å². The SMILES string of the molecule is O=C(NCC1(F)CCN(Cc2c(F)c(F)c(F)c(F)c2F)CC1)c1cc(Cl)cc(Cl)c1. The average molecular weight is 485 g/mol. The lowest BCUT2D eigenvalue weighted by Gasteiger charge is -2.36. The normalized spacial score (nSPS) is 16.4. The lowest BCUT2D eigenvalue weighted by Crippen LogP contribution is -2.48. The quantitative estimate of drug-likeness (QED) is 0.349. The second-order valence-corrected chi connectivity index (χ2v) is 8.19. The standard InChI is InChI=1S/C20H16Cl2F6N2O/c21-11-5-10(6-12(22)7-11)19(31)29-9-20(28)1-3-30(4-2-20)8-13-14(23)16(25)18(27)17(26)15(13)24/h5-7H,1-4,8-9H2,(H,29,31). The first-order valence-electron chi connectivity index (χ1n) is 9.16. The Kier molecular flexibility index (Phi) is 7.08. The minimum absolute atomic E-state index is 0.00510. The molecule has 168 valence electrons. The van der Waals surface area contributed by atoms with Gasteiger partial charge in [-0.25, -0.2) is 26.3 Å². The fourth-order valence-corrected chi connectivity index (χ4v) is 3.85. The van der Waals surface area contributed by atoms with E-state index < -0.39 is 52.8 Å². The van der Waals surface area contributed by atoms with Crippen LogP contribution in [0.3, 0.4) is 0 Å². The summed E-state index contributed by atoms with van der Waals surface area (Å²) < 4.78 is 82.6. The van der Waals surface area contributed by atoms with Crippen molar-refractivity contribution in [3.8, 4) is 0 Å². The van der Waals surface area contributed by atoms with Crippen LogP contribution in [0.4, 0.5) is 26.3 Å². The van der Waals surface area contributed by atoms with E-state index >= 15 is 4.39 Å². The molecule has 0 saturated carbocycles. The van der Waals surface area contributed by atoms with Crippen LogP contribution >= 0.6 is 23.2 Å². The number of benzene rings is 2. The van der Waals surface area contributed by atoms with Crippen molar-refractivity contribution in [3.63, 3.8) is 0 Å². The number of nitrogens with zero attached hydrogens (tertiary/aromatic N) is 1. The van der Waals surface area contributed by atoms with Crippen LogP contribution in [0, 0.1) is 29.1 Å². The molecule has 0 spiro atoms. The molecule has 1 fully saturated rings. The van der Waals surface area contributed by atoms with Crippen molar-refractivity contribution >= 4 is 29.1 Å². The lowest BCUT2D eigenvalue weighted by molar-refractivity contribution is 0.0507. The molecule has 0 unspecified atom stereocenters. The van der Waals surface area contributed by atoms with Crippen molar-refractivity contribution in [2.45, 2.75) is 25.1 Å². The van der Waals surface area contributed by atoms with Gasteiger partial charge in [0.25, 0.3) is 5.91 Å². The molecule has 3 rings (SSSR count). The number of alkyl halides is 1. The van der Waals surface area contributed by atoms with E-state index in [0.29, 0.717) is 0 Å². The van der Waals surface area contributed by atoms with E-state index in [1.54, 1.807) is 0 Å². The number of halogens is 8. The molecule has 1 N–H and O–H groups in total. The molecule has 1 saturated heterocycles. The molecule has 2 aromatic carbocycles. The van der Waals surface area contributed by atoms with Crippen LogP contribution < -0.4 is 5.32 Å². The first-order valence-corrected chi connectivity index (χ1v) is 9.92. The number of likely N-dealkylation sites (tertiary alicyclic amines) is 1. The summed E-state index contributed by atoms with van der Waals surface area (Å²) in [7, 11) is 0. The number of amides is 1. The Bertz CT molecular complexity index is 962. The van der Waals surface area contributed by atoms with Crippen LogP contribution in [0.5, 0.6) is 0 Å². The smallest absolute Gasteiger partial charge is 0.251 e. The molecular weight excluding hydrogens is 469 g/mol. The minimum atomic E-state index is -2.23. The predicted octanol–water partition coefficient (Wildman–Crippen LogP) is 5.42. The highest BCUT2D eigenvalue weighted by atomic mass is 35.5. The number of nitrogens with one attached hydrogen (secondary N) is 1. The summed E-state index contributed by atoms with van der Waals surface area (Å²) in [6.45, 7) is -0.898. The zero-order valence-electron chi connectivity index (χ0n) is 15.9. The number of rotatable bonds is 5. The van der Waals surface area contributed by atoms with Crippen molar-refractivity contribution < 1.29 is 31.1 Å². The van der Waals surface area contributed by atoms with Gasteiger partial charge in [-0.05, 0) is 31.0 Å². The van der Waals surface area contributed by atoms with Crippen molar-refractivity contribution in [1.29, 1.82) is 0 Å². The summed E-state index contributed by atoms with van der Waals surface area (Å²) in [5, 5.41) is 2.95. The molecule has 0 radical (unpaired) electrons. The summed E-state index contributed by atoms with van der Waals surface area (Å²) in [6.07, 6.45) is -0.224. The molecule has 1 heterocycles. The number of carbonyl (C=O) groups is 1. The van der Waals surface area contributed by atoms with Gasteiger partial charge < -0.3 is 5.32 Å². The van der Waals surface area contributed by atoms with Gasteiger partial charge in [-0.3, -0.25) is 9.69 Å². The summed E-state index contributed by atoms with van der Waals surface area (Å²) in [4.78, 5) is 13.6. The highest BCUT2D eigenvalue weighted by molar-refractivity contribution is 6.35. The molecule has 0 bridgehead atoms. The fraction of sp³-hybridized carbons (Fsp3) is 0.350. The number of hydrogen-bond donors (Lipinski definition) is 1. The first-order chi connectivity index (χ1) is 14.5. The van der Waals surface area contributed by atoms with Gasteiger partial charge in [0.15, 0.2) is 23.3 Å². The van der Waals surface area contributed by atoms with Gasteiger partial charge in [-0.1, -0.05) is 23.2 Å². The molecule has 0 aliphatic carbocycles. The molecule has 1 aliphatic heterocycles. The molecule has 31 heavy (non-hydrogen) atoms. The Morgan fingerprint density at radius 3 is 1.90 bits per heavy atom. The van der Waals surface area contributed by atoms with Crippen LogP contribution in [0.25, 0.3) is 0 Å². The van der Waals surface area contributed by atoms with Gasteiger partial charge in [-0.2, -0.15) is 0 Å². The van der Waals surface area contributed by atoms with Crippen molar-refractivity contribution in [1.82, 2.24) is 10.2 Å². The topological polar surface area (TPSA) is 32.3 Å². The van der Waals surface area contributed by atoms with Gasteiger partial charge in [0.05, 0.1) is 6.54 Å². The zero-order chi connectivity index (χ0) is 22.9. The highest BCUT2D eigenvalue weighted by Crippen LogP contribution is 2.29. The van der Waals surface area contributed by atoms with E-state index in [-0.39, 0.29) is 48.1 Å². The van der Waals surface area contributed by atoms with Crippen LogP contribution in [0.2, 0.25) is 10.0 Å². The van der Waals surface area contributed by atoms with E-state index in [0.717, 1.165) is 0 Å². The Hall–Kier alpha value is -1.97. The van der Waals surface area contributed by atoms with Crippen LogP contribution in [-0.4, -0.2) is 36.1 Å². The van der Waals surface area contributed by atoms with Crippen LogP contribution in [-0.2, 0) is 6.54 Å². The maximum absolute atomic E-state index is 15.0. The third-order valence-electron chi connectivity index (χ3n) is 5.13. The number of carbonyl (C=O) groups excluding carboxylic acids is 1. The highest BCUT2D eigenvalue weighted by Gasteiger charge is 2.36. The Morgan fingerprint density at radius 2 is 1.39 bits per heavy atom. The van der Waals surface area contributed by atoms with E-state index in [4.69, 9.17) is 23.2 Å². The third-order valence-corrected chi connectivity index (χ3v) is 5.56. The molecule has 2 aromatic rings. The molecule has 0 aromatic heterocycles. The third kappa shape index (κ3) is 5.27. The van der Waals surface area contributed by atoms with E-state index in [2.05, 4.69) is 5.32 Å². The van der Waals surface area contributed by atoms with E-state index in [9.17, 15) is 26.7 Å². The fourth-order valence-electron chi connectivity index (χ4n) is 3.33. The van der Waals surface area contributed by atoms with Crippen molar-refractivity contribution in [2.24, 2.45) is 0 Å². The molecular formula is C20H16Cl2F6N2O. The van der Waals surface area contributed by atoms with Crippen LogP contribution in [0.15, 0.2) is 18.2 Å². The lowest BCUT2D eigenvalue weighted by atomic mass is 9.92. The minimum Gasteiger partial charge on any atom is -0.349 e. The second-order valence-electron chi connectivity index (χ2n) is 7.32. The molecule has 1 aliphatic rings. The molecule has 3 nitrogen and oxygen atoms in total. The van der Waals surface area contributed by atoms with E-state index in [1.165, 1.54) is 23.1 Å². The number of hydrogen-bond acceptors (Lipinski definition) is 2. The monoisotopic (exact) mass is 484 g/mol. The summed E-state index contributed by atoms with van der Waals surface area (Å²) in [5.74, 6) is -10.6. The zero-order valence-corrected chi connectivity index (χ0v) is 17.4. The Balaban J connectivity index is 1.60. The largest absolute Gasteiger partial charge is 0.349 e. The molecule has 0 atom stereocenters. The van der Waals surface area contributed by atoms with Gasteiger partial charge in [0.1, 0.15) is 5.67 Å². The van der Waals surface area contributed by atoms with Crippen molar-refractivity contribution in [2.75, 3.05) is 19.6 Å². The average Bonchev–Trinajstić information content (AvgIpc) is 2.73. The number of piperidine rings is 1. The van der Waals surface area contributed by atoms with Crippen LogP contribution in [0.1, 0.15) is 28.8 Å². The summed E-state index contributed by atoms with van der Waals surface area (Å²) in [5.41, 5.74) is -2.61. The van der Waals surface area contributed by atoms with Gasteiger partial charge in [0, 0.05) is 40.8 Å². The maximum Gasteiger partial charge on any atom is 0.251 e. The molecule has 11 heteroatoms. The Morgan fingerprint density at radius 1 is 0.903 bits per heavy atom. The van der Waals surface area contributed by atoms with Crippen molar-refractivity contribution in [3.05, 3.63) is 68.5 Å².